The Kier molecular flexibility index (Phi) is 11.0. The highest BCUT2D eigenvalue weighted by Gasteiger charge is 2.24. The van der Waals surface area contributed by atoms with Gasteiger partial charge in [-0.3, -0.25) is 9.29 Å². The minimum Gasteiger partial charge on any atom is -0.496 e. The number of pyridine rings is 1. The molecule has 0 radical (unpaired) electrons. The lowest BCUT2D eigenvalue weighted by atomic mass is 9.86. The molecule has 274 valence electrons. The third-order valence-corrected chi connectivity index (χ3v) is 10.6. The van der Waals surface area contributed by atoms with Gasteiger partial charge in [0.15, 0.2) is 5.75 Å². The summed E-state index contributed by atoms with van der Waals surface area (Å²) >= 11 is 0. The number of carbonyl (C=O) groups excluding carboxylic acids is 1. The van der Waals surface area contributed by atoms with Gasteiger partial charge in [0.1, 0.15) is 23.1 Å². The standard InChI is InChI=1S/C37H42N5O8PS/c1-8-51(44,45)33-16-13-24(21-32(33)48-5)39-34-22-25(17-18-38-34)50-31-15-14-28(26-11-9-10-12-27(26)31)40-36(43)41-29-19-23(37(2,3)4)20-30(35(29)49-6)42-52(7,46)47/h9-22,42H,8H2,1-7H3,(H,38,39)(H,44,45)(H2,40,41,43). The summed E-state index contributed by atoms with van der Waals surface area (Å²) in [6, 6.07) is 22.1. The summed E-state index contributed by atoms with van der Waals surface area (Å²) in [4.78, 5) is 28.2. The monoisotopic (exact) mass is 747 g/mol. The fraction of sp³-hybridized carbons (Fsp3) is 0.243. The number of benzene rings is 4. The number of anilines is 5. The highest BCUT2D eigenvalue weighted by molar-refractivity contribution is 7.92. The van der Waals surface area contributed by atoms with Gasteiger partial charge in [-0.1, -0.05) is 52.0 Å². The van der Waals surface area contributed by atoms with E-state index in [-0.39, 0.29) is 34.0 Å². The van der Waals surface area contributed by atoms with Crippen LogP contribution in [-0.4, -0.2) is 51.0 Å². The first-order valence-corrected chi connectivity index (χ1v) is 20.0. The van der Waals surface area contributed by atoms with E-state index in [0.717, 1.165) is 17.2 Å². The summed E-state index contributed by atoms with van der Waals surface area (Å²) in [6.45, 7) is 7.58. The van der Waals surface area contributed by atoms with Crippen LogP contribution in [0.15, 0.2) is 85.1 Å². The third kappa shape index (κ3) is 8.94. The van der Waals surface area contributed by atoms with Gasteiger partial charge in [0.2, 0.25) is 17.4 Å². The largest absolute Gasteiger partial charge is 0.496 e. The van der Waals surface area contributed by atoms with Crippen molar-refractivity contribution in [3.63, 3.8) is 0 Å². The second-order valence-corrected chi connectivity index (χ2v) is 17.2. The first-order chi connectivity index (χ1) is 24.5. The molecule has 0 fully saturated rings. The molecule has 5 N–H and O–H groups in total. The van der Waals surface area contributed by atoms with Gasteiger partial charge in [-0.25, -0.2) is 18.2 Å². The Morgan fingerprint density at radius 2 is 1.56 bits per heavy atom. The topological polar surface area (TPSA) is 177 Å². The first-order valence-electron chi connectivity index (χ1n) is 16.2. The van der Waals surface area contributed by atoms with Gasteiger partial charge in [-0.15, -0.1) is 0 Å². The van der Waals surface area contributed by atoms with Crippen LogP contribution < -0.4 is 40.2 Å². The third-order valence-electron chi connectivity index (χ3n) is 8.05. The summed E-state index contributed by atoms with van der Waals surface area (Å²) < 4.78 is 56.6. The number of urea groups is 1. The number of nitrogens with one attached hydrogen (secondary N) is 4. The molecule has 1 aromatic heterocycles. The summed E-state index contributed by atoms with van der Waals surface area (Å²) in [6.07, 6.45) is 2.72. The van der Waals surface area contributed by atoms with E-state index in [4.69, 9.17) is 14.2 Å². The van der Waals surface area contributed by atoms with Gasteiger partial charge in [0.25, 0.3) is 0 Å². The fourth-order valence-corrected chi connectivity index (χ4v) is 7.13. The van der Waals surface area contributed by atoms with E-state index in [1.165, 1.54) is 14.2 Å². The number of carbonyl (C=O) groups is 1. The van der Waals surface area contributed by atoms with Crippen LogP contribution in [0.5, 0.6) is 23.0 Å². The Morgan fingerprint density at radius 1 is 0.865 bits per heavy atom. The second kappa shape index (κ2) is 15.1. The number of hydrogen-bond acceptors (Lipinski definition) is 9. The summed E-state index contributed by atoms with van der Waals surface area (Å²) in [5, 5.41) is 10.6. The lowest BCUT2D eigenvalue weighted by Crippen LogP contribution is -2.22. The van der Waals surface area contributed by atoms with Crippen LogP contribution in [0.1, 0.15) is 33.3 Å². The second-order valence-electron chi connectivity index (χ2n) is 13.0. The smallest absolute Gasteiger partial charge is 0.323 e. The highest BCUT2D eigenvalue weighted by atomic mass is 32.2. The predicted molar refractivity (Wildman–Crippen MR) is 207 cm³/mol. The van der Waals surface area contributed by atoms with E-state index in [2.05, 4.69) is 25.7 Å². The number of aromatic nitrogens is 1. The van der Waals surface area contributed by atoms with Crippen LogP contribution in [0.25, 0.3) is 10.8 Å². The zero-order chi connectivity index (χ0) is 37.8. The molecule has 5 aromatic rings. The number of amides is 2. The molecule has 1 unspecified atom stereocenters. The molecule has 13 nitrogen and oxygen atoms in total. The normalized spacial score (nSPS) is 12.8. The Morgan fingerprint density at radius 3 is 2.21 bits per heavy atom. The van der Waals surface area contributed by atoms with Crippen molar-refractivity contribution in [2.75, 3.05) is 47.3 Å². The Labute approximate surface area is 303 Å². The van der Waals surface area contributed by atoms with Gasteiger partial charge in [-0.05, 0) is 53.4 Å². The van der Waals surface area contributed by atoms with Crippen LogP contribution in [0.4, 0.5) is 33.4 Å². The molecule has 5 rings (SSSR count). The van der Waals surface area contributed by atoms with E-state index in [0.29, 0.717) is 39.8 Å². The number of rotatable bonds is 12. The number of ether oxygens (including phenoxy) is 3. The molecule has 0 bridgehead atoms. The maximum Gasteiger partial charge on any atom is 0.323 e. The number of nitrogens with zero attached hydrogens (tertiary/aromatic N) is 1. The number of methoxy groups -OCH3 is 2. The first kappa shape index (κ1) is 37.9. The average Bonchev–Trinajstić information content (AvgIpc) is 3.08. The Balaban J connectivity index is 1.38. The van der Waals surface area contributed by atoms with E-state index in [1.54, 1.807) is 67.7 Å². The molecule has 0 saturated carbocycles. The van der Waals surface area contributed by atoms with Crippen molar-refractivity contribution < 1.29 is 36.9 Å². The van der Waals surface area contributed by atoms with E-state index >= 15 is 0 Å². The molecular formula is C37H42N5O8PS. The SMILES string of the molecule is CCP(=O)(O)c1ccc(Nc2cc(Oc3ccc(NC(=O)Nc4cc(C(C)(C)C)cc(NS(C)(=O)=O)c4OC)c4ccccc34)ccn2)cc1OC. The Bertz CT molecular complexity index is 2290. The molecule has 0 saturated heterocycles. The van der Waals surface area contributed by atoms with E-state index in [1.807, 2.05) is 45.0 Å². The minimum absolute atomic E-state index is 0.0883. The van der Waals surface area contributed by atoms with Gasteiger partial charge < -0.3 is 35.1 Å². The van der Waals surface area contributed by atoms with Crippen molar-refractivity contribution in [3.05, 3.63) is 90.6 Å². The molecule has 2 amide bonds. The Hall–Kier alpha value is -5.30. The van der Waals surface area contributed by atoms with Crippen LogP contribution in [-0.2, 0) is 20.0 Å². The molecule has 0 spiro atoms. The van der Waals surface area contributed by atoms with Gasteiger partial charge in [0, 0.05) is 41.0 Å². The average molecular weight is 748 g/mol. The molecular weight excluding hydrogens is 705 g/mol. The van der Waals surface area contributed by atoms with Crippen LogP contribution in [0.2, 0.25) is 0 Å². The zero-order valence-corrected chi connectivity index (χ0v) is 31.6. The lowest BCUT2D eigenvalue weighted by Gasteiger charge is -2.24. The summed E-state index contributed by atoms with van der Waals surface area (Å²) in [5.74, 6) is 1.94. The summed E-state index contributed by atoms with van der Waals surface area (Å²) in [7, 11) is -4.33. The molecule has 0 aliphatic carbocycles. The molecule has 15 heteroatoms. The molecule has 0 aliphatic rings. The maximum atomic E-state index is 13.4. The zero-order valence-electron chi connectivity index (χ0n) is 29.9. The van der Waals surface area contributed by atoms with Crippen molar-refractivity contribution in [1.29, 1.82) is 0 Å². The minimum atomic E-state index is -3.64. The van der Waals surface area contributed by atoms with E-state index < -0.39 is 23.4 Å². The van der Waals surface area contributed by atoms with Gasteiger partial charge in [-0.2, -0.15) is 0 Å². The quantitative estimate of drug-likeness (QED) is 0.0786. The highest BCUT2D eigenvalue weighted by Crippen LogP contribution is 2.43. The fourth-order valence-electron chi connectivity index (χ4n) is 5.43. The van der Waals surface area contributed by atoms with Crippen LogP contribution in [0, 0.1) is 0 Å². The van der Waals surface area contributed by atoms with Crippen molar-refractivity contribution in [1.82, 2.24) is 4.98 Å². The molecule has 0 aliphatic heterocycles. The maximum absolute atomic E-state index is 13.4. The number of fused-ring (bicyclic) bond motifs is 1. The van der Waals surface area contributed by atoms with Gasteiger partial charge in [0.05, 0.1) is 42.8 Å². The van der Waals surface area contributed by atoms with Crippen molar-refractivity contribution in [3.8, 4) is 23.0 Å². The van der Waals surface area contributed by atoms with Crippen molar-refractivity contribution in [2.45, 2.75) is 33.1 Å². The number of sulfonamides is 1. The van der Waals surface area contributed by atoms with Crippen LogP contribution in [0.3, 0.4) is 0 Å². The molecule has 1 heterocycles. The molecule has 4 aromatic carbocycles. The number of hydrogen-bond donors (Lipinski definition) is 5. The van der Waals surface area contributed by atoms with Crippen LogP contribution >= 0.6 is 7.37 Å². The predicted octanol–water partition coefficient (Wildman–Crippen LogP) is 8.02. The molecule has 1 atom stereocenters. The lowest BCUT2D eigenvalue weighted by molar-refractivity contribution is 0.262. The summed E-state index contributed by atoms with van der Waals surface area (Å²) in [5.41, 5.74) is 2.01. The van der Waals surface area contributed by atoms with E-state index in [9.17, 15) is 22.7 Å². The molecule has 52 heavy (non-hydrogen) atoms. The van der Waals surface area contributed by atoms with Gasteiger partial charge >= 0.3 is 6.03 Å². The van der Waals surface area contributed by atoms with Crippen molar-refractivity contribution >= 4 is 68.1 Å². The van der Waals surface area contributed by atoms with Crippen molar-refractivity contribution in [2.24, 2.45) is 0 Å².